The molecule has 0 unspecified atom stereocenters. The molecule has 2 aromatic rings. The molecule has 0 radical (unpaired) electrons. The van der Waals surface area contributed by atoms with Gasteiger partial charge >= 0.3 is 0 Å². The first-order valence-electron chi connectivity index (χ1n) is 8.53. The lowest BCUT2D eigenvalue weighted by molar-refractivity contribution is 0.0467. The van der Waals surface area contributed by atoms with Gasteiger partial charge < -0.3 is 14.4 Å². The smallest absolute Gasteiger partial charge is 0.272 e. The fourth-order valence-corrected chi connectivity index (χ4v) is 3.37. The Morgan fingerprint density at radius 2 is 1.65 bits per heavy atom. The molecule has 1 aromatic heterocycles. The molecule has 0 N–H and O–H groups in total. The summed E-state index contributed by atoms with van der Waals surface area (Å²) in [5.74, 6) is -1.07. The Morgan fingerprint density at radius 1 is 1.04 bits per heavy atom. The molecule has 3 heterocycles. The van der Waals surface area contributed by atoms with E-state index in [-0.39, 0.29) is 30.5 Å². The number of ether oxygens (including phenoxy) is 2. The number of likely N-dealkylation sites (tertiary alicyclic amines) is 1. The Balaban J connectivity index is 1.37. The summed E-state index contributed by atoms with van der Waals surface area (Å²) in [5, 5.41) is 0. The van der Waals surface area contributed by atoms with Gasteiger partial charge in [-0.25, -0.2) is 18.7 Å². The quantitative estimate of drug-likeness (QED) is 0.823. The highest BCUT2D eigenvalue weighted by atomic mass is 19.1. The number of fused-ring (bicyclic) bond motifs is 2. The van der Waals surface area contributed by atoms with Crippen molar-refractivity contribution < 1.29 is 23.0 Å². The standard InChI is InChI=1S/C18H15F2N3O3/c19-10-3-4-11(20)16-15(10)25-13-7-23(8-14(13)26-16)18(24)12-5-6-21-17(22-12)9-1-2-9/h3-6,9,13-14H,1-2,7-8H2/t13-,14+. The minimum Gasteiger partial charge on any atom is -0.478 e. The topological polar surface area (TPSA) is 64.6 Å². The van der Waals surface area contributed by atoms with Crippen LogP contribution in [0, 0.1) is 11.6 Å². The molecule has 5 rings (SSSR count). The third-order valence-corrected chi connectivity index (χ3v) is 4.89. The molecule has 1 saturated heterocycles. The third kappa shape index (κ3) is 2.48. The number of aromatic nitrogens is 2. The SMILES string of the molecule is O=C(c1ccnc(C2CC2)n1)N1C[C@@H]2Oc3c(F)ccc(F)c3O[C@@H]2C1. The molecule has 6 nitrogen and oxygen atoms in total. The van der Waals surface area contributed by atoms with Crippen LogP contribution in [-0.4, -0.2) is 46.1 Å². The number of hydrogen-bond acceptors (Lipinski definition) is 5. The second-order valence-corrected chi connectivity index (χ2v) is 6.78. The Bertz CT molecular complexity index is 864. The molecule has 1 amide bonds. The molecular formula is C18H15F2N3O3. The van der Waals surface area contributed by atoms with E-state index in [0.29, 0.717) is 17.4 Å². The molecule has 26 heavy (non-hydrogen) atoms. The minimum atomic E-state index is -0.686. The van der Waals surface area contributed by atoms with Crippen molar-refractivity contribution in [1.82, 2.24) is 14.9 Å². The number of nitrogens with zero attached hydrogens (tertiary/aromatic N) is 3. The average Bonchev–Trinajstić information content (AvgIpc) is 3.42. The Kier molecular flexibility index (Phi) is 3.35. The molecule has 2 fully saturated rings. The Hall–Kier alpha value is -2.77. The highest BCUT2D eigenvalue weighted by Crippen LogP contribution is 2.41. The lowest BCUT2D eigenvalue weighted by atomic mass is 10.2. The van der Waals surface area contributed by atoms with Crippen LogP contribution in [0.25, 0.3) is 0 Å². The highest BCUT2D eigenvalue weighted by Gasteiger charge is 2.44. The largest absolute Gasteiger partial charge is 0.478 e. The lowest BCUT2D eigenvalue weighted by Gasteiger charge is -2.28. The van der Waals surface area contributed by atoms with E-state index in [1.807, 2.05) is 0 Å². The molecule has 0 spiro atoms. The van der Waals surface area contributed by atoms with Crippen LogP contribution in [0.1, 0.15) is 35.1 Å². The van der Waals surface area contributed by atoms with E-state index < -0.39 is 23.8 Å². The maximum Gasteiger partial charge on any atom is 0.272 e. The van der Waals surface area contributed by atoms with Crippen LogP contribution in [0.15, 0.2) is 24.4 Å². The summed E-state index contributed by atoms with van der Waals surface area (Å²) >= 11 is 0. The van der Waals surface area contributed by atoms with Gasteiger partial charge in [0, 0.05) is 12.1 Å². The van der Waals surface area contributed by atoms with E-state index in [2.05, 4.69) is 9.97 Å². The summed E-state index contributed by atoms with van der Waals surface area (Å²) in [6.07, 6.45) is 2.58. The zero-order valence-corrected chi connectivity index (χ0v) is 13.7. The van der Waals surface area contributed by atoms with Crippen molar-refractivity contribution in [1.29, 1.82) is 0 Å². The monoisotopic (exact) mass is 359 g/mol. The van der Waals surface area contributed by atoms with Gasteiger partial charge in [0.1, 0.15) is 11.5 Å². The molecule has 1 saturated carbocycles. The molecule has 8 heteroatoms. The van der Waals surface area contributed by atoms with Gasteiger partial charge in [-0.1, -0.05) is 0 Å². The molecule has 134 valence electrons. The Morgan fingerprint density at radius 3 is 2.23 bits per heavy atom. The second-order valence-electron chi connectivity index (χ2n) is 6.78. The first kappa shape index (κ1) is 15.5. The minimum absolute atomic E-state index is 0.224. The van der Waals surface area contributed by atoms with Crippen molar-refractivity contribution in [3.63, 3.8) is 0 Å². The van der Waals surface area contributed by atoms with Crippen LogP contribution in [0.4, 0.5) is 8.78 Å². The van der Waals surface area contributed by atoms with Crippen LogP contribution < -0.4 is 9.47 Å². The molecule has 1 aromatic carbocycles. The summed E-state index contributed by atoms with van der Waals surface area (Å²) in [4.78, 5) is 22.9. The molecule has 3 aliphatic rings. The summed E-state index contributed by atoms with van der Waals surface area (Å²) in [5.41, 5.74) is 0.315. The van der Waals surface area contributed by atoms with Gasteiger partial charge in [0.05, 0.1) is 13.1 Å². The summed E-state index contributed by atoms with van der Waals surface area (Å²) in [6.45, 7) is 0.448. The van der Waals surface area contributed by atoms with Gasteiger partial charge in [-0.05, 0) is 31.0 Å². The molecule has 2 aliphatic heterocycles. The summed E-state index contributed by atoms with van der Waals surface area (Å²) in [6, 6.07) is 3.57. The highest BCUT2D eigenvalue weighted by molar-refractivity contribution is 5.92. The van der Waals surface area contributed by atoms with Crippen LogP contribution >= 0.6 is 0 Å². The Labute approximate surface area is 147 Å². The molecule has 1 aliphatic carbocycles. The van der Waals surface area contributed by atoms with E-state index in [9.17, 15) is 13.6 Å². The number of carbonyl (C=O) groups excluding carboxylic acids is 1. The predicted octanol–water partition coefficient (Wildman–Crippen LogP) is 2.30. The van der Waals surface area contributed by atoms with Crippen molar-refractivity contribution in [3.8, 4) is 11.5 Å². The first-order valence-corrected chi connectivity index (χ1v) is 8.53. The molecule has 0 bridgehead atoms. The third-order valence-electron chi connectivity index (χ3n) is 4.89. The number of amides is 1. The number of benzene rings is 1. The first-order chi connectivity index (χ1) is 12.6. The number of rotatable bonds is 2. The summed E-state index contributed by atoms with van der Waals surface area (Å²) in [7, 11) is 0. The van der Waals surface area contributed by atoms with Gasteiger partial charge in [0.2, 0.25) is 11.5 Å². The van der Waals surface area contributed by atoms with E-state index in [1.165, 1.54) is 4.90 Å². The maximum atomic E-state index is 13.9. The normalized spacial score (nSPS) is 23.7. The van der Waals surface area contributed by atoms with Crippen LogP contribution in [-0.2, 0) is 0 Å². The van der Waals surface area contributed by atoms with Crippen molar-refractivity contribution in [2.24, 2.45) is 0 Å². The lowest BCUT2D eigenvalue weighted by Crippen LogP contribution is -2.39. The van der Waals surface area contributed by atoms with E-state index in [4.69, 9.17) is 9.47 Å². The number of halogens is 2. The van der Waals surface area contributed by atoms with E-state index in [1.54, 1.807) is 12.3 Å². The van der Waals surface area contributed by atoms with Gasteiger partial charge in [-0.15, -0.1) is 0 Å². The van der Waals surface area contributed by atoms with Crippen molar-refractivity contribution in [2.75, 3.05) is 13.1 Å². The van der Waals surface area contributed by atoms with Crippen molar-refractivity contribution >= 4 is 5.91 Å². The van der Waals surface area contributed by atoms with E-state index in [0.717, 1.165) is 25.0 Å². The van der Waals surface area contributed by atoms with Crippen LogP contribution in [0.2, 0.25) is 0 Å². The van der Waals surface area contributed by atoms with Gasteiger partial charge in [-0.3, -0.25) is 4.79 Å². The molecular weight excluding hydrogens is 344 g/mol. The predicted molar refractivity (Wildman–Crippen MR) is 85.1 cm³/mol. The fraction of sp³-hybridized carbons (Fsp3) is 0.389. The van der Waals surface area contributed by atoms with Crippen LogP contribution in [0.5, 0.6) is 11.5 Å². The maximum absolute atomic E-state index is 13.9. The number of carbonyl (C=O) groups is 1. The second kappa shape index (κ2) is 5.62. The van der Waals surface area contributed by atoms with Crippen LogP contribution in [0.3, 0.4) is 0 Å². The zero-order chi connectivity index (χ0) is 17.8. The zero-order valence-electron chi connectivity index (χ0n) is 13.7. The van der Waals surface area contributed by atoms with E-state index >= 15 is 0 Å². The average molecular weight is 359 g/mol. The summed E-state index contributed by atoms with van der Waals surface area (Å²) < 4.78 is 39.0. The van der Waals surface area contributed by atoms with Gasteiger partial charge in [0.15, 0.2) is 23.8 Å². The van der Waals surface area contributed by atoms with Crippen molar-refractivity contribution in [3.05, 3.63) is 47.5 Å². The number of hydrogen-bond donors (Lipinski definition) is 0. The molecule has 2 atom stereocenters. The van der Waals surface area contributed by atoms with Crippen molar-refractivity contribution in [2.45, 2.75) is 31.0 Å². The van der Waals surface area contributed by atoms with Gasteiger partial charge in [-0.2, -0.15) is 0 Å². The fourth-order valence-electron chi connectivity index (χ4n) is 3.37. The van der Waals surface area contributed by atoms with Gasteiger partial charge in [0.25, 0.3) is 5.91 Å².